The van der Waals surface area contributed by atoms with Gasteiger partial charge in [0.25, 0.3) is 0 Å². The van der Waals surface area contributed by atoms with Gasteiger partial charge in [-0.15, -0.1) is 4.73 Å². The molecule has 0 aliphatic heterocycles. The summed E-state index contributed by atoms with van der Waals surface area (Å²) in [5.41, 5.74) is -0.386. The molecule has 2 heterocycles. The first-order valence-corrected chi connectivity index (χ1v) is 7.60. The number of benzene rings is 1. The average Bonchev–Trinajstić information content (AvgIpc) is 2.66. The van der Waals surface area contributed by atoms with E-state index in [1.54, 1.807) is 31.2 Å². The Hall–Kier alpha value is -3.86. The van der Waals surface area contributed by atoms with Crippen LogP contribution in [-0.4, -0.2) is 32.6 Å². The molecule has 0 fully saturated rings. The summed E-state index contributed by atoms with van der Waals surface area (Å²) in [6.45, 7) is 8.64. The quantitative estimate of drug-likeness (QED) is 0.427. The Morgan fingerprint density at radius 3 is 2.81 bits per heavy atom. The van der Waals surface area contributed by atoms with E-state index in [1.807, 2.05) is 0 Å². The summed E-state index contributed by atoms with van der Waals surface area (Å²) in [7, 11) is 0. The van der Waals surface area contributed by atoms with Crippen LogP contribution in [-0.2, 0) is 4.74 Å². The number of carbonyl (C=O) groups is 1. The molecule has 0 unspecified atom stereocenters. The highest BCUT2D eigenvalue weighted by molar-refractivity contribution is 5.99. The molecule has 8 heteroatoms. The van der Waals surface area contributed by atoms with Gasteiger partial charge in [0.15, 0.2) is 16.9 Å². The van der Waals surface area contributed by atoms with E-state index in [0.29, 0.717) is 16.8 Å². The number of aromatic nitrogens is 2. The summed E-state index contributed by atoms with van der Waals surface area (Å²) >= 11 is 0. The van der Waals surface area contributed by atoms with Gasteiger partial charge in [-0.05, 0) is 30.2 Å². The fourth-order valence-electron chi connectivity index (χ4n) is 2.54. The zero-order valence-electron chi connectivity index (χ0n) is 13.6. The van der Waals surface area contributed by atoms with E-state index in [2.05, 4.69) is 9.83 Å². The van der Waals surface area contributed by atoms with Crippen molar-refractivity contribution in [2.75, 3.05) is 6.61 Å². The number of esters is 1. The number of hydrogen-bond donors (Lipinski definition) is 2. The van der Waals surface area contributed by atoms with Crippen LogP contribution in [0.2, 0.25) is 0 Å². The maximum atomic E-state index is 12.1. The predicted octanol–water partition coefficient (Wildman–Crippen LogP) is 2.73. The van der Waals surface area contributed by atoms with E-state index < -0.39 is 22.8 Å². The number of hydrogen-bond acceptors (Lipinski definition) is 6. The second kappa shape index (κ2) is 6.57. The highest BCUT2D eigenvalue weighted by Crippen LogP contribution is 2.30. The lowest BCUT2D eigenvalue weighted by Gasteiger charge is -2.11. The van der Waals surface area contributed by atoms with E-state index >= 15 is 0 Å². The zero-order valence-corrected chi connectivity index (χ0v) is 13.6. The number of carbonyl (C=O) groups excluding carboxylic acids is 1. The fraction of sp³-hybridized carbons (Fsp3) is 0.111. The van der Waals surface area contributed by atoms with Gasteiger partial charge in [0.2, 0.25) is 0 Å². The second-order valence-electron chi connectivity index (χ2n) is 5.32. The van der Waals surface area contributed by atoms with Crippen LogP contribution in [0.15, 0.2) is 41.3 Å². The molecule has 2 aromatic heterocycles. The van der Waals surface area contributed by atoms with Gasteiger partial charge in [0.1, 0.15) is 5.75 Å². The molecule has 3 aromatic rings. The van der Waals surface area contributed by atoms with Crippen LogP contribution in [0.25, 0.3) is 27.0 Å². The second-order valence-corrected chi connectivity index (χ2v) is 5.32. The standard InChI is InChI=1S/C18H13N3O5/c1-3-26-18(24)14-15(22)13-8-11(9-20-16(13)21(25)17(14)23)10-5-4-6-12(7-10)19-2/h4-9,22,25H,3H2,1H3. The van der Waals surface area contributed by atoms with Crippen LogP contribution in [0.5, 0.6) is 5.75 Å². The molecule has 0 spiro atoms. The van der Waals surface area contributed by atoms with Crippen molar-refractivity contribution in [3.63, 3.8) is 0 Å². The molecule has 0 atom stereocenters. The van der Waals surface area contributed by atoms with Crippen molar-refractivity contribution in [1.82, 2.24) is 9.71 Å². The molecule has 8 nitrogen and oxygen atoms in total. The van der Waals surface area contributed by atoms with Crippen molar-refractivity contribution >= 4 is 22.7 Å². The van der Waals surface area contributed by atoms with Crippen molar-refractivity contribution in [2.24, 2.45) is 0 Å². The van der Waals surface area contributed by atoms with Crippen molar-refractivity contribution in [2.45, 2.75) is 6.92 Å². The number of aromatic hydroxyl groups is 1. The first kappa shape index (κ1) is 17.0. The molecule has 0 aliphatic rings. The van der Waals surface area contributed by atoms with Crippen LogP contribution in [0.4, 0.5) is 5.69 Å². The number of ether oxygens (including phenoxy) is 1. The number of rotatable bonds is 3. The van der Waals surface area contributed by atoms with Crippen LogP contribution in [0.3, 0.4) is 0 Å². The summed E-state index contributed by atoms with van der Waals surface area (Å²) in [6.07, 6.45) is 1.39. The Kier molecular flexibility index (Phi) is 4.29. The molecule has 26 heavy (non-hydrogen) atoms. The monoisotopic (exact) mass is 351 g/mol. The maximum absolute atomic E-state index is 12.1. The van der Waals surface area contributed by atoms with Gasteiger partial charge in [-0.2, -0.15) is 0 Å². The van der Waals surface area contributed by atoms with Gasteiger partial charge in [0, 0.05) is 6.20 Å². The van der Waals surface area contributed by atoms with E-state index in [-0.39, 0.29) is 22.4 Å². The molecule has 2 N–H and O–H groups in total. The lowest BCUT2D eigenvalue weighted by Crippen LogP contribution is -2.27. The minimum absolute atomic E-state index is 0.000804. The Labute approximate surface area is 147 Å². The smallest absolute Gasteiger partial charge is 0.347 e. The zero-order chi connectivity index (χ0) is 18.8. The summed E-state index contributed by atoms with van der Waals surface area (Å²) < 4.78 is 4.96. The SMILES string of the molecule is [C-]#[N+]c1cccc(-c2cnc3c(c2)c(O)c(C(=O)OCC)c(=O)n3O)c1. The Bertz CT molecular complexity index is 1130. The topological polar surface area (TPSA) is 106 Å². The van der Waals surface area contributed by atoms with Crippen molar-refractivity contribution in [1.29, 1.82) is 0 Å². The normalized spacial score (nSPS) is 10.5. The predicted molar refractivity (Wildman–Crippen MR) is 92.5 cm³/mol. The van der Waals surface area contributed by atoms with Crippen molar-refractivity contribution in [3.05, 3.63) is 63.9 Å². The van der Waals surface area contributed by atoms with Crippen LogP contribution < -0.4 is 5.56 Å². The first-order chi connectivity index (χ1) is 12.5. The van der Waals surface area contributed by atoms with Crippen molar-refractivity contribution in [3.8, 4) is 16.9 Å². The third-order valence-corrected chi connectivity index (χ3v) is 3.75. The fourth-order valence-corrected chi connectivity index (χ4v) is 2.54. The number of nitrogens with zero attached hydrogens (tertiary/aromatic N) is 3. The van der Waals surface area contributed by atoms with Gasteiger partial charge < -0.3 is 15.1 Å². The van der Waals surface area contributed by atoms with Crippen LogP contribution in [0.1, 0.15) is 17.3 Å². The van der Waals surface area contributed by atoms with E-state index in [0.717, 1.165) is 0 Å². The molecule has 0 amide bonds. The Morgan fingerprint density at radius 2 is 2.12 bits per heavy atom. The summed E-state index contributed by atoms with van der Waals surface area (Å²) in [5.74, 6) is -1.66. The molecule has 0 saturated carbocycles. The van der Waals surface area contributed by atoms with E-state index in [4.69, 9.17) is 11.3 Å². The lowest BCUT2D eigenvalue weighted by molar-refractivity contribution is 0.0515. The number of pyridine rings is 2. The molecule has 0 saturated heterocycles. The van der Waals surface area contributed by atoms with Crippen LogP contribution >= 0.6 is 0 Å². The van der Waals surface area contributed by atoms with Gasteiger partial charge in [-0.1, -0.05) is 18.2 Å². The molecule has 0 aliphatic carbocycles. The minimum atomic E-state index is -1.12. The highest BCUT2D eigenvalue weighted by atomic mass is 16.5. The molecular weight excluding hydrogens is 338 g/mol. The van der Waals surface area contributed by atoms with Gasteiger partial charge in [-0.3, -0.25) is 4.79 Å². The Morgan fingerprint density at radius 1 is 1.35 bits per heavy atom. The molecule has 0 bridgehead atoms. The summed E-state index contributed by atoms with van der Waals surface area (Å²) in [4.78, 5) is 31.5. The Balaban J connectivity index is 2.28. The maximum Gasteiger partial charge on any atom is 0.347 e. The third-order valence-electron chi connectivity index (χ3n) is 3.75. The molecule has 3 rings (SSSR count). The van der Waals surface area contributed by atoms with E-state index in [9.17, 15) is 19.9 Å². The molecule has 0 radical (unpaired) electrons. The van der Waals surface area contributed by atoms with Crippen LogP contribution in [0, 0.1) is 6.57 Å². The third kappa shape index (κ3) is 2.71. The molecule has 130 valence electrons. The summed E-state index contributed by atoms with van der Waals surface area (Å²) in [6, 6.07) is 8.19. The lowest BCUT2D eigenvalue weighted by atomic mass is 10.0. The minimum Gasteiger partial charge on any atom is -0.506 e. The van der Waals surface area contributed by atoms with Gasteiger partial charge in [-0.25, -0.2) is 14.6 Å². The average molecular weight is 351 g/mol. The van der Waals surface area contributed by atoms with E-state index in [1.165, 1.54) is 12.3 Å². The first-order valence-electron chi connectivity index (χ1n) is 7.60. The highest BCUT2D eigenvalue weighted by Gasteiger charge is 2.24. The largest absolute Gasteiger partial charge is 0.506 e. The molecular formula is C18H13N3O5. The summed E-state index contributed by atoms with van der Waals surface area (Å²) in [5, 5.41) is 20.4. The van der Waals surface area contributed by atoms with Crippen molar-refractivity contribution < 1.29 is 19.8 Å². The molecule has 1 aromatic carbocycles. The van der Waals surface area contributed by atoms with Gasteiger partial charge >= 0.3 is 11.5 Å². The van der Waals surface area contributed by atoms with Gasteiger partial charge in [0.05, 0.1) is 18.6 Å². The number of fused-ring (bicyclic) bond motifs is 1.